The zero-order chi connectivity index (χ0) is 19.5. The first-order valence-electron chi connectivity index (χ1n) is 7.35. The van der Waals surface area contributed by atoms with E-state index in [1.807, 2.05) is 0 Å². The topological polar surface area (TPSA) is 89.5 Å². The molecule has 0 aliphatic heterocycles. The second-order valence-electron chi connectivity index (χ2n) is 5.49. The highest BCUT2D eigenvalue weighted by Crippen LogP contribution is 2.18. The van der Waals surface area contributed by atoms with E-state index in [1.54, 1.807) is 0 Å². The Balaban J connectivity index is 2.09. The van der Waals surface area contributed by atoms with Crippen LogP contribution in [-0.2, 0) is 14.8 Å². The van der Waals surface area contributed by atoms with Crippen LogP contribution in [0.5, 0.6) is 0 Å². The van der Waals surface area contributed by atoms with Crippen LogP contribution in [-0.4, -0.2) is 32.5 Å². The molecule has 0 fully saturated rings. The fourth-order valence-electron chi connectivity index (χ4n) is 2.08. The maximum absolute atomic E-state index is 13.7. The number of carbonyl (C=O) groups is 2. The summed E-state index contributed by atoms with van der Waals surface area (Å²) >= 11 is 5.73. The van der Waals surface area contributed by atoms with Crippen molar-refractivity contribution in [3.63, 3.8) is 0 Å². The Bertz CT molecular complexity index is 944. The molecular formula is C17H15ClFNO5S. The predicted octanol–water partition coefficient (Wildman–Crippen LogP) is 3.28. The van der Waals surface area contributed by atoms with Crippen molar-refractivity contribution in [2.75, 3.05) is 11.0 Å². The summed E-state index contributed by atoms with van der Waals surface area (Å²) in [5, 5.41) is 0.159. The van der Waals surface area contributed by atoms with Crippen LogP contribution in [0.1, 0.15) is 27.6 Å². The van der Waals surface area contributed by atoms with E-state index in [0.29, 0.717) is 0 Å². The number of hydrogen-bond donors (Lipinski definition) is 1. The summed E-state index contributed by atoms with van der Waals surface area (Å²) in [5.41, 5.74) is 0.121. The van der Waals surface area contributed by atoms with Gasteiger partial charge in [0, 0.05) is 16.3 Å². The van der Waals surface area contributed by atoms with Crippen molar-refractivity contribution in [2.45, 2.75) is 13.0 Å². The molecule has 0 heterocycles. The minimum atomic E-state index is -3.43. The Morgan fingerprint density at radius 1 is 1.15 bits per heavy atom. The van der Waals surface area contributed by atoms with E-state index in [9.17, 15) is 22.4 Å². The number of ether oxygens (including phenoxy) is 1. The molecule has 2 rings (SSSR count). The molecule has 138 valence electrons. The van der Waals surface area contributed by atoms with Crippen molar-refractivity contribution in [2.24, 2.45) is 0 Å². The van der Waals surface area contributed by atoms with E-state index in [-0.39, 0.29) is 21.8 Å². The molecular weight excluding hydrogens is 385 g/mol. The summed E-state index contributed by atoms with van der Waals surface area (Å²) < 4.78 is 43.3. The Hall–Kier alpha value is -2.45. The second-order valence-corrected chi connectivity index (χ2v) is 7.67. The monoisotopic (exact) mass is 399 g/mol. The van der Waals surface area contributed by atoms with Gasteiger partial charge in [0.1, 0.15) is 5.82 Å². The molecule has 1 N–H and O–H groups in total. The lowest BCUT2D eigenvalue weighted by atomic mass is 10.1. The first-order valence-corrected chi connectivity index (χ1v) is 9.62. The summed E-state index contributed by atoms with van der Waals surface area (Å²) in [6.45, 7) is 1.35. The third kappa shape index (κ3) is 5.27. The van der Waals surface area contributed by atoms with E-state index in [2.05, 4.69) is 4.72 Å². The third-order valence-electron chi connectivity index (χ3n) is 3.27. The number of anilines is 1. The standard InChI is InChI=1S/C17H15ClFNO5S/c1-10(25-17(22)14-9-12(18)5-8-15(14)19)16(21)11-3-6-13(7-4-11)20-26(2,23)24/h3-10,20H,1-2H3. The van der Waals surface area contributed by atoms with Crippen molar-refractivity contribution >= 4 is 39.1 Å². The van der Waals surface area contributed by atoms with Gasteiger partial charge in [-0.15, -0.1) is 0 Å². The minimum Gasteiger partial charge on any atom is -0.451 e. The summed E-state index contributed by atoms with van der Waals surface area (Å²) in [6, 6.07) is 9.01. The summed E-state index contributed by atoms with van der Waals surface area (Å²) in [4.78, 5) is 24.3. The van der Waals surface area contributed by atoms with Crippen LogP contribution >= 0.6 is 11.6 Å². The van der Waals surface area contributed by atoms with Crippen LogP contribution in [0.15, 0.2) is 42.5 Å². The second kappa shape index (κ2) is 7.84. The molecule has 9 heteroatoms. The smallest absolute Gasteiger partial charge is 0.341 e. The van der Waals surface area contributed by atoms with Crippen molar-refractivity contribution in [1.29, 1.82) is 0 Å². The number of esters is 1. The lowest BCUT2D eigenvalue weighted by molar-refractivity contribution is 0.0314. The molecule has 0 amide bonds. The molecule has 0 radical (unpaired) electrons. The first-order chi connectivity index (χ1) is 12.1. The average molecular weight is 400 g/mol. The van der Waals surface area contributed by atoms with Crippen LogP contribution in [0.4, 0.5) is 10.1 Å². The molecule has 6 nitrogen and oxygen atoms in total. The van der Waals surface area contributed by atoms with Gasteiger partial charge in [-0.2, -0.15) is 0 Å². The number of benzene rings is 2. The molecule has 1 atom stereocenters. The Morgan fingerprint density at radius 2 is 1.77 bits per heavy atom. The van der Waals surface area contributed by atoms with Crippen LogP contribution in [0, 0.1) is 5.82 Å². The summed E-state index contributed by atoms with van der Waals surface area (Å²) in [5.74, 6) is -2.34. The molecule has 0 aromatic heterocycles. The number of halogens is 2. The van der Waals surface area contributed by atoms with Crippen LogP contribution < -0.4 is 4.72 Å². The summed E-state index contributed by atoms with van der Waals surface area (Å²) in [6.07, 6.45) is -0.169. The maximum atomic E-state index is 13.7. The zero-order valence-electron chi connectivity index (χ0n) is 13.8. The minimum absolute atomic E-state index is 0.159. The third-order valence-corrected chi connectivity index (χ3v) is 4.12. The predicted molar refractivity (Wildman–Crippen MR) is 95.5 cm³/mol. The van der Waals surface area contributed by atoms with Crippen LogP contribution in [0.2, 0.25) is 5.02 Å². The van der Waals surface area contributed by atoms with Gasteiger partial charge in [-0.05, 0) is 49.4 Å². The molecule has 26 heavy (non-hydrogen) atoms. The molecule has 0 saturated heterocycles. The lowest BCUT2D eigenvalue weighted by Crippen LogP contribution is -2.25. The first kappa shape index (κ1) is 19.9. The van der Waals surface area contributed by atoms with Crippen molar-refractivity contribution in [3.05, 3.63) is 64.4 Å². The molecule has 1 unspecified atom stereocenters. The van der Waals surface area contributed by atoms with E-state index in [1.165, 1.54) is 37.3 Å². The number of Topliss-reactive ketones (excluding diaryl/α,β-unsaturated/α-hetero) is 1. The van der Waals surface area contributed by atoms with Gasteiger partial charge in [0.2, 0.25) is 15.8 Å². The van der Waals surface area contributed by atoms with E-state index < -0.39 is 33.7 Å². The Morgan fingerprint density at radius 3 is 2.35 bits per heavy atom. The fourth-order valence-corrected chi connectivity index (χ4v) is 2.82. The maximum Gasteiger partial charge on any atom is 0.341 e. The van der Waals surface area contributed by atoms with Gasteiger partial charge >= 0.3 is 5.97 Å². The normalized spacial score (nSPS) is 12.3. The highest BCUT2D eigenvalue weighted by Gasteiger charge is 2.22. The van der Waals surface area contributed by atoms with Crippen LogP contribution in [0.25, 0.3) is 0 Å². The molecule has 0 aliphatic carbocycles. The van der Waals surface area contributed by atoms with Gasteiger partial charge in [-0.3, -0.25) is 9.52 Å². The Kier molecular flexibility index (Phi) is 5.99. The lowest BCUT2D eigenvalue weighted by Gasteiger charge is -2.13. The average Bonchev–Trinajstić information content (AvgIpc) is 2.55. The molecule has 0 aliphatic rings. The van der Waals surface area contributed by atoms with Gasteiger partial charge < -0.3 is 4.74 Å². The summed E-state index contributed by atoms with van der Waals surface area (Å²) in [7, 11) is -3.43. The highest BCUT2D eigenvalue weighted by molar-refractivity contribution is 7.92. The fraction of sp³-hybridized carbons (Fsp3) is 0.176. The largest absolute Gasteiger partial charge is 0.451 e. The molecule has 0 bridgehead atoms. The number of rotatable bonds is 6. The Labute approximate surface area is 155 Å². The number of hydrogen-bond acceptors (Lipinski definition) is 5. The van der Waals surface area contributed by atoms with Crippen molar-refractivity contribution in [1.82, 2.24) is 0 Å². The van der Waals surface area contributed by atoms with Crippen LogP contribution in [0.3, 0.4) is 0 Å². The van der Waals surface area contributed by atoms with E-state index in [4.69, 9.17) is 16.3 Å². The quantitative estimate of drug-likeness (QED) is 0.594. The van der Waals surface area contributed by atoms with Gasteiger partial charge in [-0.1, -0.05) is 11.6 Å². The molecule has 2 aromatic rings. The SMILES string of the molecule is CC(OC(=O)c1cc(Cl)ccc1F)C(=O)c1ccc(NS(C)(=O)=O)cc1. The van der Waals surface area contributed by atoms with E-state index >= 15 is 0 Å². The number of carbonyl (C=O) groups excluding carboxylic acids is 2. The highest BCUT2D eigenvalue weighted by atomic mass is 35.5. The number of nitrogens with one attached hydrogen (secondary N) is 1. The van der Waals surface area contributed by atoms with Crippen molar-refractivity contribution in [3.8, 4) is 0 Å². The molecule has 0 spiro atoms. The van der Waals surface area contributed by atoms with Crippen molar-refractivity contribution < 1.29 is 27.1 Å². The van der Waals surface area contributed by atoms with Gasteiger partial charge in [0.05, 0.1) is 11.8 Å². The van der Waals surface area contributed by atoms with E-state index in [0.717, 1.165) is 18.4 Å². The van der Waals surface area contributed by atoms with Gasteiger partial charge in [-0.25, -0.2) is 17.6 Å². The zero-order valence-corrected chi connectivity index (χ0v) is 15.4. The number of sulfonamides is 1. The van der Waals surface area contributed by atoms with Gasteiger partial charge in [0.15, 0.2) is 6.10 Å². The van der Waals surface area contributed by atoms with Gasteiger partial charge in [0.25, 0.3) is 0 Å². The molecule has 0 saturated carbocycles. The molecule has 2 aromatic carbocycles. The number of ketones is 1.